The van der Waals surface area contributed by atoms with Crippen molar-refractivity contribution in [2.75, 3.05) is 0 Å². The average molecular weight is 164 g/mol. The summed E-state index contributed by atoms with van der Waals surface area (Å²) in [5, 5.41) is 5.16. The van der Waals surface area contributed by atoms with E-state index in [0.29, 0.717) is 0 Å². The first kappa shape index (κ1) is 7.28. The number of fused-ring (bicyclic) bond motifs is 1. The lowest BCUT2D eigenvalue weighted by atomic mass is 10.2. The number of aromatic nitrogens is 2. The Hall–Kier alpha value is -1.38. The van der Waals surface area contributed by atoms with Gasteiger partial charge in [-0.15, -0.1) is 0 Å². The molecule has 0 N–H and O–H groups in total. The molecule has 2 aromatic rings. The predicted molar refractivity (Wildman–Crippen MR) is 45.4 cm³/mol. The highest BCUT2D eigenvalue weighted by Gasteiger charge is 2.04. The number of hydrogen-bond acceptors (Lipinski definition) is 1. The number of halogens is 1. The van der Waals surface area contributed by atoms with Crippen molar-refractivity contribution in [3.05, 3.63) is 29.7 Å². The Morgan fingerprint density at radius 1 is 1.42 bits per heavy atom. The summed E-state index contributed by atoms with van der Waals surface area (Å²) in [6, 6.07) is 4.66. The molecule has 0 unspecified atom stereocenters. The minimum atomic E-state index is -0.236. The summed E-state index contributed by atoms with van der Waals surface area (Å²) in [6.07, 6.45) is 0. The van der Waals surface area contributed by atoms with Crippen LogP contribution in [-0.4, -0.2) is 9.78 Å². The number of benzene rings is 1. The van der Waals surface area contributed by atoms with Gasteiger partial charge in [0.15, 0.2) is 0 Å². The van der Waals surface area contributed by atoms with Gasteiger partial charge >= 0.3 is 0 Å². The van der Waals surface area contributed by atoms with Crippen LogP contribution in [0.3, 0.4) is 0 Å². The summed E-state index contributed by atoms with van der Waals surface area (Å²) in [4.78, 5) is 0. The van der Waals surface area contributed by atoms with E-state index in [-0.39, 0.29) is 5.82 Å². The molecule has 1 aromatic heterocycles. The molecule has 0 bridgehead atoms. The van der Waals surface area contributed by atoms with Crippen LogP contribution in [0.1, 0.15) is 5.69 Å². The topological polar surface area (TPSA) is 17.8 Å². The lowest BCUT2D eigenvalue weighted by molar-refractivity contribution is 0.629. The van der Waals surface area contributed by atoms with E-state index < -0.39 is 0 Å². The third kappa shape index (κ3) is 0.897. The summed E-state index contributed by atoms with van der Waals surface area (Å²) in [7, 11) is 1.85. The Morgan fingerprint density at radius 2 is 2.17 bits per heavy atom. The highest BCUT2D eigenvalue weighted by atomic mass is 19.1. The van der Waals surface area contributed by atoms with Crippen LogP contribution in [0.25, 0.3) is 10.9 Å². The van der Waals surface area contributed by atoms with Gasteiger partial charge in [0.25, 0.3) is 0 Å². The van der Waals surface area contributed by atoms with Crippen LogP contribution in [0.4, 0.5) is 4.39 Å². The largest absolute Gasteiger partial charge is 0.272 e. The smallest absolute Gasteiger partial charge is 0.125 e. The quantitative estimate of drug-likeness (QED) is 0.582. The van der Waals surface area contributed by atoms with Crippen molar-refractivity contribution in [3.8, 4) is 0 Å². The summed E-state index contributed by atoms with van der Waals surface area (Å²) in [5.74, 6) is -0.236. The highest BCUT2D eigenvalue weighted by Crippen LogP contribution is 2.17. The van der Waals surface area contributed by atoms with Gasteiger partial charge in [-0.1, -0.05) is 0 Å². The van der Waals surface area contributed by atoms with Crippen LogP contribution in [-0.2, 0) is 7.05 Å². The zero-order valence-electron chi connectivity index (χ0n) is 7.00. The molecule has 0 aliphatic carbocycles. The molecule has 0 atom stereocenters. The predicted octanol–water partition coefficient (Wildman–Crippen LogP) is 2.02. The zero-order valence-corrected chi connectivity index (χ0v) is 7.00. The molecule has 2 rings (SSSR count). The van der Waals surface area contributed by atoms with E-state index in [1.807, 2.05) is 14.0 Å². The molecule has 1 aromatic carbocycles. The van der Waals surface area contributed by atoms with Gasteiger partial charge in [0.05, 0.1) is 5.52 Å². The molecule has 0 fully saturated rings. The number of hydrogen-bond donors (Lipinski definition) is 0. The van der Waals surface area contributed by atoms with Crippen molar-refractivity contribution < 1.29 is 4.39 Å². The number of rotatable bonds is 0. The molecule has 0 aliphatic heterocycles. The molecule has 0 saturated carbocycles. The molecule has 0 aliphatic rings. The first-order valence-corrected chi connectivity index (χ1v) is 3.77. The third-order valence-corrected chi connectivity index (χ3v) is 2.09. The maximum absolute atomic E-state index is 12.7. The van der Waals surface area contributed by atoms with Crippen molar-refractivity contribution in [2.24, 2.45) is 7.05 Å². The molecule has 2 nitrogen and oxygen atoms in total. The van der Waals surface area contributed by atoms with E-state index in [9.17, 15) is 4.39 Å². The Labute approximate surface area is 69.6 Å². The Bertz CT molecular complexity index is 431. The minimum Gasteiger partial charge on any atom is -0.272 e. The minimum absolute atomic E-state index is 0.236. The maximum atomic E-state index is 12.7. The molecule has 0 spiro atoms. The average Bonchev–Trinajstić information content (AvgIpc) is 2.28. The van der Waals surface area contributed by atoms with E-state index in [1.54, 1.807) is 10.7 Å². The van der Waals surface area contributed by atoms with E-state index in [4.69, 9.17) is 0 Å². The van der Waals surface area contributed by atoms with Gasteiger partial charge in [-0.3, -0.25) is 4.68 Å². The second kappa shape index (κ2) is 2.30. The number of aryl methyl sites for hydroxylation is 2. The highest BCUT2D eigenvalue weighted by molar-refractivity contribution is 5.81. The monoisotopic (exact) mass is 164 g/mol. The Morgan fingerprint density at radius 3 is 2.92 bits per heavy atom. The molecule has 0 saturated heterocycles. The summed E-state index contributed by atoms with van der Waals surface area (Å²) >= 11 is 0. The lowest BCUT2D eigenvalue weighted by Gasteiger charge is -1.90. The van der Waals surface area contributed by atoms with Crippen molar-refractivity contribution >= 4 is 10.9 Å². The fourth-order valence-electron chi connectivity index (χ4n) is 1.30. The van der Waals surface area contributed by atoms with Gasteiger partial charge in [-0.25, -0.2) is 4.39 Å². The standard InChI is InChI=1S/C9H9FN2/c1-6-8-4-3-7(10)5-9(8)11-12(6)2/h3-5H,1-2H3. The summed E-state index contributed by atoms with van der Waals surface area (Å²) in [6.45, 7) is 1.97. The van der Waals surface area contributed by atoms with Gasteiger partial charge in [0.1, 0.15) is 5.82 Å². The van der Waals surface area contributed by atoms with Gasteiger partial charge in [-0.2, -0.15) is 5.10 Å². The maximum Gasteiger partial charge on any atom is 0.125 e. The van der Waals surface area contributed by atoms with Crippen molar-refractivity contribution in [2.45, 2.75) is 6.92 Å². The second-order valence-corrected chi connectivity index (χ2v) is 2.87. The van der Waals surface area contributed by atoms with Crippen LogP contribution in [0, 0.1) is 12.7 Å². The van der Waals surface area contributed by atoms with Crippen molar-refractivity contribution in [3.63, 3.8) is 0 Å². The first-order valence-electron chi connectivity index (χ1n) is 3.77. The normalized spacial score (nSPS) is 10.9. The first-order chi connectivity index (χ1) is 5.68. The zero-order chi connectivity index (χ0) is 8.72. The van der Waals surface area contributed by atoms with Crippen LogP contribution < -0.4 is 0 Å². The molecule has 0 amide bonds. The molecule has 62 valence electrons. The summed E-state index contributed by atoms with van der Waals surface area (Å²) < 4.78 is 14.5. The third-order valence-electron chi connectivity index (χ3n) is 2.09. The molecule has 1 heterocycles. The van der Waals surface area contributed by atoms with Crippen LogP contribution in [0.2, 0.25) is 0 Å². The molecule has 12 heavy (non-hydrogen) atoms. The van der Waals surface area contributed by atoms with Gasteiger partial charge in [0, 0.05) is 24.2 Å². The molecular formula is C9H9FN2. The molecular weight excluding hydrogens is 155 g/mol. The summed E-state index contributed by atoms with van der Waals surface area (Å²) in [5.41, 5.74) is 1.78. The van der Waals surface area contributed by atoms with Crippen molar-refractivity contribution in [1.29, 1.82) is 0 Å². The van der Waals surface area contributed by atoms with Gasteiger partial charge in [0.2, 0.25) is 0 Å². The van der Waals surface area contributed by atoms with E-state index in [0.717, 1.165) is 16.6 Å². The SMILES string of the molecule is Cc1c2ccc(F)cc2nn1C. The van der Waals surface area contributed by atoms with Gasteiger partial charge < -0.3 is 0 Å². The fourth-order valence-corrected chi connectivity index (χ4v) is 1.30. The van der Waals surface area contributed by atoms with Gasteiger partial charge in [-0.05, 0) is 19.1 Å². The van der Waals surface area contributed by atoms with Crippen LogP contribution >= 0.6 is 0 Å². The van der Waals surface area contributed by atoms with E-state index in [2.05, 4.69) is 5.10 Å². The number of nitrogens with zero attached hydrogens (tertiary/aromatic N) is 2. The Kier molecular flexibility index (Phi) is 1.40. The van der Waals surface area contributed by atoms with E-state index >= 15 is 0 Å². The molecule has 3 heteroatoms. The lowest BCUT2D eigenvalue weighted by Crippen LogP contribution is -1.91. The van der Waals surface area contributed by atoms with Crippen LogP contribution in [0.15, 0.2) is 18.2 Å². The Balaban J connectivity index is 2.87. The fraction of sp³-hybridized carbons (Fsp3) is 0.222. The van der Waals surface area contributed by atoms with Crippen LogP contribution in [0.5, 0.6) is 0 Å². The van der Waals surface area contributed by atoms with E-state index in [1.165, 1.54) is 12.1 Å². The van der Waals surface area contributed by atoms with Crippen molar-refractivity contribution in [1.82, 2.24) is 9.78 Å². The molecule has 0 radical (unpaired) electrons. The second-order valence-electron chi connectivity index (χ2n) is 2.87.